The van der Waals surface area contributed by atoms with E-state index in [2.05, 4.69) is 15.3 Å². The largest absolute Gasteiger partial charge is 0.481 e. The third kappa shape index (κ3) is 2.63. The maximum absolute atomic E-state index is 5.78. The molecule has 2 aromatic heterocycles. The fourth-order valence-electron chi connectivity index (χ4n) is 1.49. The molecule has 0 aliphatic carbocycles. The van der Waals surface area contributed by atoms with E-state index in [1.54, 1.807) is 31.6 Å². The van der Waals surface area contributed by atoms with Gasteiger partial charge >= 0.3 is 0 Å². The second-order valence-electron chi connectivity index (χ2n) is 3.47. The first-order chi connectivity index (χ1) is 8.31. The van der Waals surface area contributed by atoms with Crippen LogP contribution >= 0.6 is 0 Å². The van der Waals surface area contributed by atoms with Crippen molar-refractivity contribution < 1.29 is 4.74 Å². The van der Waals surface area contributed by atoms with Crippen LogP contribution in [0.5, 0.6) is 5.88 Å². The van der Waals surface area contributed by atoms with Gasteiger partial charge in [0.15, 0.2) is 0 Å². The van der Waals surface area contributed by atoms with Crippen molar-refractivity contribution in [3.8, 4) is 5.88 Å². The first kappa shape index (κ1) is 11.2. The molecule has 0 amide bonds. The number of pyridine rings is 2. The van der Waals surface area contributed by atoms with Gasteiger partial charge in [-0.2, -0.15) is 0 Å². The van der Waals surface area contributed by atoms with Gasteiger partial charge in [0.25, 0.3) is 0 Å². The molecule has 2 rings (SSSR count). The zero-order valence-corrected chi connectivity index (χ0v) is 9.55. The van der Waals surface area contributed by atoms with Gasteiger partial charge in [-0.1, -0.05) is 6.07 Å². The molecule has 17 heavy (non-hydrogen) atoms. The lowest BCUT2D eigenvalue weighted by atomic mass is 10.2. The second kappa shape index (κ2) is 5.16. The van der Waals surface area contributed by atoms with Crippen LogP contribution in [0, 0.1) is 0 Å². The molecule has 2 heterocycles. The zero-order valence-electron chi connectivity index (χ0n) is 9.55. The number of anilines is 2. The van der Waals surface area contributed by atoms with Gasteiger partial charge in [-0.15, -0.1) is 0 Å². The Bertz CT molecular complexity index is 501. The minimum Gasteiger partial charge on any atom is -0.481 e. The van der Waals surface area contributed by atoms with Crippen LogP contribution in [0.15, 0.2) is 36.7 Å². The number of hydrogen-bond acceptors (Lipinski definition) is 5. The Labute approximate surface area is 99.7 Å². The summed E-state index contributed by atoms with van der Waals surface area (Å²) < 4.78 is 5.16. The standard InChI is InChI=1S/C12H14N4O/c1-17-12-9(4-2-7-15-12)8-16-11-10(13)5-3-6-14-11/h2-7H,8,13H2,1H3,(H,14,16). The van der Waals surface area contributed by atoms with Crippen molar-refractivity contribution in [2.24, 2.45) is 0 Å². The van der Waals surface area contributed by atoms with Crippen molar-refractivity contribution in [1.82, 2.24) is 9.97 Å². The van der Waals surface area contributed by atoms with E-state index >= 15 is 0 Å². The van der Waals surface area contributed by atoms with Gasteiger partial charge in [-0.25, -0.2) is 9.97 Å². The average Bonchev–Trinajstić information content (AvgIpc) is 2.38. The van der Waals surface area contributed by atoms with Crippen LogP contribution in [0.4, 0.5) is 11.5 Å². The van der Waals surface area contributed by atoms with Crippen molar-refractivity contribution in [2.75, 3.05) is 18.2 Å². The highest BCUT2D eigenvalue weighted by Gasteiger charge is 2.04. The van der Waals surface area contributed by atoms with E-state index in [0.29, 0.717) is 23.9 Å². The van der Waals surface area contributed by atoms with E-state index in [0.717, 1.165) is 5.56 Å². The van der Waals surface area contributed by atoms with E-state index in [9.17, 15) is 0 Å². The molecule has 0 spiro atoms. The van der Waals surface area contributed by atoms with Crippen molar-refractivity contribution in [2.45, 2.75) is 6.54 Å². The smallest absolute Gasteiger partial charge is 0.218 e. The van der Waals surface area contributed by atoms with Crippen LogP contribution < -0.4 is 15.8 Å². The maximum Gasteiger partial charge on any atom is 0.218 e. The van der Waals surface area contributed by atoms with E-state index in [-0.39, 0.29) is 0 Å². The zero-order chi connectivity index (χ0) is 12.1. The number of nitrogen functional groups attached to an aromatic ring is 1. The molecule has 0 aliphatic rings. The van der Waals surface area contributed by atoms with E-state index in [1.165, 1.54) is 0 Å². The van der Waals surface area contributed by atoms with E-state index in [1.807, 2.05) is 12.1 Å². The molecular weight excluding hydrogens is 216 g/mol. The third-order valence-corrected chi connectivity index (χ3v) is 2.33. The molecule has 0 saturated carbocycles. The van der Waals surface area contributed by atoms with Crippen LogP contribution in [-0.4, -0.2) is 17.1 Å². The molecular formula is C12H14N4O. The predicted octanol–water partition coefficient (Wildman–Crippen LogP) is 1.68. The lowest BCUT2D eigenvalue weighted by Gasteiger charge is -2.09. The highest BCUT2D eigenvalue weighted by atomic mass is 16.5. The molecule has 0 saturated heterocycles. The number of ether oxygens (including phenoxy) is 1. The van der Waals surface area contributed by atoms with Crippen LogP contribution in [0.2, 0.25) is 0 Å². The first-order valence-electron chi connectivity index (χ1n) is 5.23. The summed E-state index contributed by atoms with van der Waals surface area (Å²) in [7, 11) is 1.60. The molecule has 3 N–H and O–H groups in total. The molecule has 0 bridgehead atoms. The Kier molecular flexibility index (Phi) is 3.40. The molecule has 5 nitrogen and oxygen atoms in total. The van der Waals surface area contributed by atoms with Crippen LogP contribution in [0.1, 0.15) is 5.56 Å². The van der Waals surface area contributed by atoms with Crippen molar-refractivity contribution in [3.63, 3.8) is 0 Å². The Morgan fingerprint density at radius 1 is 1.24 bits per heavy atom. The minimum absolute atomic E-state index is 0.568. The lowest BCUT2D eigenvalue weighted by molar-refractivity contribution is 0.393. The molecule has 0 unspecified atom stereocenters. The molecule has 5 heteroatoms. The fraction of sp³-hybridized carbons (Fsp3) is 0.167. The fourth-order valence-corrected chi connectivity index (χ4v) is 1.49. The average molecular weight is 230 g/mol. The Balaban J connectivity index is 2.10. The van der Waals surface area contributed by atoms with Gasteiger partial charge < -0.3 is 15.8 Å². The summed E-state index contributed by atoms with van der Waals surface area (Å²) in [6, 6.07) is 7.40. The van der Waals surface area contributed by atoms with Gasteiger partial charge in [-0.3, -0.25) is 0 Å². The van der Waals surface area contributed by atoms with Gasteiger partial charge in [0.2, 0.25) is 5.88 Å². The molecule has 0 radical (unpaired) electrons. The van der Waals surface area contributed by atoms with Gasteiger partial charge in [0.05, 0.1) is 12.8 Å². The molecule has 88 valence electrons. The maximum atomic E-state index is 5.78. The third-order valence-electron chi connectivity index (χ3n) is 2.33. The summed E-state index contributed by atoms with van der Waals surface area (Å²) in [6.45, 7) is 0.568. The van der Waals surface area contributed by atoms with Crippen LogP contribution in [-0.2, 0) is 6.54 Å². The quantitative estimate of drug-likeness (QED) is 0.836. The number of nitrogens with one attached hydrogen (secondary N) is 1. The number of aromatic nitrogens is 2. The molecule has 2 aromatic rings. The summed E-state index contributed by atoms with van der Waals surface area (Å²) in [4.78, 5) is 8.27. The van der Waals surface area contributed by atoms with Crippen LogP contribution in [0.25, 0.3) is 0 Å². The number of nitrogens with two attached hydrogens (primary N) is 1. The van der Waals surface area contributed by atoms with E-state index in [4.69, 9.17) is 10.5 Å². The number of nitrogens with zero attached hydrogens (tertiary/aromatic N) is 2. The summed E-state index contributed by atoms with van der Waals surface area (Å²) in [5, 5.41) is 3.15. The predicted molar refractivity (Wildman–Crippen MR) is 66.8 cm³/mol. The molecule has 0 atom stereocenters. The first-order valence-corrected chi connectivity index (χ1v) is 5.23. The number of methoxy groups -OCH3 is 1. The highest BCUT2D eigenvalue weighted by Crippen LogP contribution is 2.18. The Morgan fingerprint density at radius 2 is 2.00 bits per heavy atom. The summed E-state index contributed by atoms with van der Waals surface area (Å²) >= 11 is 0. The van der Waals surface area contributed by atoms with Gasteiger partial charge in [0, 0.05) is 24.5 Å². The van der Waals surface area contributed by atoms with Crippen molar-refractivity contribution in [1.29, 1.82) is 0 Å². The summed E-state index contributed by atoms with van der Waals surface area (Å²) in [6.07, 6.45) is 3.39. The second-order valence-corrected chi connectivity index (χ2v) is 3.47. The van der Waals surface area contributed by atoms with Gasteiger partial charge in [0.1, 0.15) is 5.82 Å². The number of rotatable bonds is 4. The normalized spacial score (nSPS) is 9.94. The van der Waals surface area contributed by atoms with Gasteiger partial charge in [-0.05, 0) is 18.2 Å². The van der Waals surface area contributed by atoms with E-state index < -0.39 is 0 Å². The van der Waals surface area contributed by atoms with Crippen molar-refractivity contribution >= 4 is 11.5 Å². The summed E-state index contributed by atoms with van der Waals surface area (Å²) in [5.74, 6) is 1.27. The number of hydrogen-bond donors (Lipinski definition) is 2. The molecule has 0 aliphatic heterocycles. The van der Waals surface area contributed by atoms with Crippen LogP contribution in [0.3, 0.4) is 0 Å². The lowest BCUT2D eigenvalue weighted by Crippen LogP contribution is -2.06. The van der Waals surface area contributed by atoms with Crippen molar-refractivity contribution in [3.05, 3.63) is 42.2 Å². The Hall–Kier alpha value is -2.30. The SMILES string of the molecule is COc1ncccc1CNc1ncccc1N. The highest BCUT2D eigenvalue weighted by molar-refractivity contribution is 5.60. The molecule has 0 fully saturated rings. The molecule has 0 aromatic carbocycles. The topological polar surface area (TPSA) is 73.1 Å². The monoisotopic (exact) mass is 230 g/mol. The minimum atomic E-state index is 0.568. The Morgan fingerprint density at radius 3 is 2.76 bits per heavy atom. The summed E-state index contributed by atoms with van der Waals surface area (Å²) in [5.41, 5.74) is 7.36.